The standard InChI is InChI=1S/C23H21F3N2O4S/c1-28-20(30)12-11-19(29)22-18(23(24,25)26)13-17(21(22)15-5-3-2-4-6-15)14-7-9-16(10-8-14)33(27,31)32/h2-10,13,17H,11-12H2,1H3,(H,28,30)(H2,27,31,32). The molecule has 3 N–H and O–H groups in total. The van der Waals surface area contributed by atoms with Crippen LogP contribution in [0.15, 0.2) is 76.7 Å². The molecule has 0 radical (unpaired) electrons. The number of nitrogens with one attached hydrogen (secondary N) is 1. The van der Waals surface area contributed by atoms with Gasteiger partial charge in [-0.15, -0.1) is 0 Å². The van der Waals surface area contributed by atoms with Gasteiger partial charge in [-0.3, -0.25) is 9.59 Å². The second kappa shape index (κ2) is 9.32. The summed E-state index contributed by atoms with van der Waals surface area (Å²) in [5.41, 5.74) is -0.649. The predicted molar refractivity (Wildman–Crippen MR) is 116 cm³/mol. The van der Waals surface area contributed by atoms with Crippen molar-refractivity contribution in [1.82, 2.24) is 5.32 Å². The molecule has 0 spiro atoms. The number of carbonyl (C=O) groups is 2. The fourth-order valence-electron chi connectivity index (χ4n) is 3.72. The summed E-state index contributed by atoms with van der Waals surface area (Å²) in [4.78, 5) is 24.4. The van der Waals surface area contributed by atoms with E-state index in [-0.39, 0.29) is 16.9 Å². The molecule has 0 saturated heterocycles. The van der Waals surface area contributed by atoms with Crippen molar-refractivity contribution in [1.29, 1.82) is 0 Å². The molecule has 174 valence electrons. The number of sulfonamides is 1. The molecule has 2 aromatic carbocycles. The molecule has 1 aliphatic rings. The molecule has 6 nitrogen and oxygen atoms in total. The third kappa shape index (κ3) is 5.40. The summed E-state index contributed by atoms with van der Waals surface area (Å²) < 4.78 is 65.1. The van der Waals surface area contributed by atoms with Crippen molar-refractivity contribution >= 4 is 27.3 Å². The van der Waals surface area contributed by atoms with Crippen molar-refractivity contribution in [2.24, 2.45) is 5.14 Å². The molecule has 3 rings (SSSR count). The van der Waals surface area contributed by atoms with Crippen LogP contribution in [0.4, 0.5) is 13.2 Å². The maximum Gasteiger partial charge on any atom is 0.416 e. The molecule has 1 unspecified atom stereocenters. The number of hydrogen-bond donors (Lipinski definition) is 2. The Hall–Kier alpha value is -3.24. The molecule has 1 aliphatic carbocycles. The molecule has 0 heterocycles. The first-order chi connectivity index (χ1) is 15.4. The molecular formula is C23H21F3N2O4S. The average molecular weight is 478 g/mol. The summed E-state index contributed by atoms with van der Waals surface area (Å²) in [6, 6.07) is 13.3. The fraction of sp³-hybridized carbons (Fsp3) is 0.217. The Kier molecular flexibility index (Phi) is 6.89. The van der Waals surface area contributed by atoms with Crippen LogP contribution in [0.2, 0.25) is 0 Å². The third-order valence-electron chi connectivity index (χ3n) is 5.28. The van der Waals surface area contributed by atoms with E-state index in [4.69, 9.17) is 5.14 Å². The minimum Gasteiger partial charge on any atom is -0.359 e. The van der Waals surface area contributed by atoms with Crippen LogP contribution in [0.5, 0.6) is 0 Å². The highest BCUT2D eigenvalue weighted by molar-refractivity contribution is 7.89. The number of primary sulfonamides is 1. The van der Waals surface area contributed by atoms with Gasteiger partial charge in [-0.25, -0.2) is 13.6 Å². The topological polar surface area (TPSA) is 106 Å². The third-order valence-corrected chi connectivity index (χ3v) is 6.21. The van der Waals surface area contributed by atoms with E-state index in [1.807, 2.05) is 0 Å². The van der Waals surface area contributed by atoms with E-state index in [2.05, 4.69) is 5.32 Å². The average Bonchev–Trinajstić information content (AvgIpc) is 3.18. The Morgan fingerprint density at radius 2 is 1.61 bits per heavy atom. The minimum absolute atomic E-state index is 0.146. The van der Waals surface area contributed by atoms with Crippen LogP contribution in [-0.4, -0.2) is 33.3 Å². The van der Waals surface area contributed by atoms with E-state index in [0.29, 0.717) is 11.1 Å². The number of Topliss-reactive ketones (excluding diaryl/α,β-unsaturated/α-hetero) is 1. The number of hydrogen-bond acceptors (Lipinski definition) is 4. The highest BCUT2D eigenvalue weighted by atomic mass is 32.2. The number of rotatable bonds is 7. The molecule has 0 bridgehead atoms. The molecule has 1 amide bonds. The summed E-state index contributed by atoms with van der Waals surface area (Å²) in [7, 11) is -2.61. The van der Waals surface area contributed by atoms with Crippen LogP contribution in [0.25, 0.3) is 5.57 Å². The number of benzene rings is 2. The maximum absolute atomic E-state index is 14.0. The van der Waals surface area contributed by atoms with Crippen molar-refractivity contribution in [3.63, 3.8) is 0 Å². The number of nitrogens with two attached hydrogens (primary N) is 1. The minimum atomic E-state index is -4.81. The van der Waals surface area contributed by atoms with Gasteiger partial charge in [-0.1, -0.05) is 48.5 Å². The Balaban J connectivity index is 2.19. The monoisotopic (exact) mass is 478 g/mol. The number of halogens is 3. The number of amides is 1. The van der Waals surface area contributed by atoms with E-state index in [1.165, 1.54) is 31.3 Å². The lowest BCUT2D eigenvalue weighted by Crippen LogP contribution is -2.21. The number of ketones is 1. The van der Waals surface area contributed by atoms with Gasteiger partial charge in [0, 0.05) is 31.4 Å². The highest BCUT2D eigenvalue weighted by Gasteiger charge is 2.45. The van der Waals surface area contributed by atoms with E-state index < -0.39 is 51.4 Å². The Morgan fingerprint density at radius 3 is 2.12 bits per heavy atom. The predicted octanol–water partition coefficient (Wildman–Crippen LogP) is 3.47. The van der Waals surface area contributed by atoms with Crippen LogP contribution in [-0.2, 0) is 19.6 Å². The fourth-order valence-corrected chi connectivity index (χ4v) is 4.23. The lowest BCUT2D eigenvalue weighted by atomic mass is 9.86. The van der Waals surface area contributed by atoms with Gasteiger partial charge in [0.2, 0.25) is 15.9 Å². The first-order valence-electron chi connectivity index (χ1n) is 9.89. The Morgan fingerprint density at radius 1 is 1.00 bits per heavy atom. The molecular weight excluding hydrogens is 457 g/mol. The van der Waals surface area contributed by atoms with Crippen molar-refractivity contribution in [2.45, 2.75) is 29.8 Å². The Bertz CT molecular complexity index is 1230. The van der Waals surface area contributed by atoms with Crippen LogP contribution in [0, 0.1) is 0 Å². The van der Waals surface area contributed by atoms with Crippen LogP contribution in [0.3, 0.4) is 0 Å². The van der Waals surface area contributed by atoms with Gasteiger partial charge in [-0.2, -0.15) is 13.2 Å². The van der Waals surface area contributed by atoms with E-state index in [9.17, 15) is 31.2 Å². The zero-order valence-electron chi connectivity index (χ0n) is 17.5. The maximum atomic E-state index is 14.0. The van der Waals surface area contributed by atoms with E-state index in [0.717, 1.165) is 6.08 Å². The number of allylic oxidation sites excluding steroid dienone is 4. The van der Waals surface area contributed by atoms with Crippen molar-refractivity contribution in [3.05, 3.63) is 82.9 Å². The van der Waals surface area contributed by atoms with Crippen LogP contribution < -0.4 is 10.5 Å². The molecule has 10 heteroatoms. The van der Waals surface area contributed by atoms with Gasteiger partial charge in [0.05, 0.1) is 10.5 Å². The van der Waals surface area contributed by atoms with Gasteiger partial charge in [0.15, 0.2) is 5.78 Å². The molecule has 0 saturated carbocycles. The SMILES string of the molecule is CNC(=O)CCC(=O)C1=C(c2ccccc2)C(c2ccc(S(N)(=O)=O)cc2)C=C1C(F)(F)F. The van der Waals surface area contributed by atoms with Gasteiger partial charge < -0.3 is 5.32 Å². The van der Waals surface area contributed by atoms with Crippen molar-refractivity contribution in [3.8, 4) is 0 Å². The summed E-state index contributed by atoms with van der Waals surface area (Å²) in [6.45, 7) is 0. The molecule has 0 aliphatic heterocycles. The zero-order valence-corrected chi connectivity index (χ0v) is 18.3. The largest absolute Gasteiger partial charge is 0.416 e. The zero-order chi connectivity index (χ0) is 24.4. The lowest BCUT2D eigenvalue weighted by molar-refractivity contribution is -0.124. The second-order valence-corrected chi connectivity index (χ2v) is 8.98. The first-order valence-corrected chi connectivity index (χ1v) is 11.4. The van der Waals surface area contributed by atoms with E-state index >= 15 is 0 Å². The smallest absolute Gasteiger partial charge is 0.359 e. The van der Waals surface area contributed by atoms with Crippen molar-refractivity contribution in [2.75, 3.05) is 7.05 Å². The summed E-state index contributed by atoms with van der Waals surface area (Å²) in [5, 5.41) is 7.46. The summed E-state index contributed by atoms with van der Waals surface area (Å²) in [6.07, 6.45) is -4.50. The normalized spacial score (nSPS) is 16.5. The molecule has 33 heavy (non-hydrogen) atoms. The summed E-state index contributed by atoms with van der Waals surface area (Å²) in [5.74, 6) is -2.22. The first kappa shape index (κ1) is 24.4. The number of carbonyl (C=O) groups excluding carboxylic acids is 2. The quantitative estimate of drug-likeness (QED) is 0.636. The molecule has 0 fully saturated rings. The van der Waals surface area contributed by atoms with Crippen LogP contribution >= 0.6 is 0 Å². The van der Waals surface area contributed by atoms with Crippen LogP contribution in [0.1, 0.15) is 29.9 Å². The van der Waals surface area contributed by atoms with Gasteiger partial charge in [-0.05, 0) is 28.8 Å². The molecule has 1 atom stereocenters. The van der Waals surface area contributed by atoms with Gasteiger partial charge >= 0.3 is 6.18 Å². The second-order valence-electron chi connectivity index (χ2n) is 7.42. The van der Waals surface area contributed by atoms with Gasteiger partial charge in [0.1, 0.15) is 0 Å². The number of alkyl halides is 3. The van der Waals surface area contributed by atoms with Gasteiger partial charge in [0.25, 0.3) is 0 Å². The highest BCUT2D eigenvalue weighted by Crippen LogP contribution is 2.49. The summed E-state index contributed by atoms with van der Waals surface area (Å²) >= 11 is 0. The van der Waals surface area contributed by atoms with E-state index in [1.54, 1.807) is 30.3 Å². The Labute approximate surface area is 189 Å². The molecule has 2 aromatic rings. The van der Waals surface area contributed by atoms with Crippen molar-refractivity contribution < 1.29 is 31.2 Å². The molecule has 0 aromatic heterocycles. The lowest BCUT2D eigenvalue weighted by Gasteiger charge is -2.17.